The van der Waals surface area contributed by atoms with Crippen molar-refractivity contribution in [3.63, 3.8) is 0 Å². The first-order chi connectivity index (χ1) is 13.2. The van der Waals surface area contributed by atoms with Crippen LogP contribution in [0.15, 0.2) is 60.7 Å². The van der Waals surface area contributed by atoms with E-state index in [1.165, 1.54) is 6.08 Å². The van der Waals surface area contributed by atoms with Crippen LogP contribution in [0.2, 0.25) is 0 Å². The fourth-order valence-corrected chi connectivity index (χ4v) is 3.11. The third-order valence-corrected chi connectivity index (χ3v) is 4.66. The van der Waals surface area contributed by atoms with Crippen molar-refractivity contribution in [2.75, 3.05) is 36.4 Å². The normalized spacial score (nSPS) is 14.4. The molecule has 0 spiro atoms. The lowest BCUT2D eigenvalue weighted by Crippen LogP contribution is -2.48. The summed E-state index contributed by atoms with van der Waals surface area (Å²) in [5.74, 6) is 0.0644. The van der Waals surface area contributed by atoms with E-state index in [1.54, 1.807) is 6.08 Å². The predicted molar refractivity (Wildman–Crippen MR) is 110 cm³/mol. The minimum absolute atomic E-state index is 0.154. The van der Waals surface area contributed by atoms with Gasteiger partial charge in [-0.15, -0.1) is 0 Å². The van der Waals surface area contributed by atoms with Crippen LogP contribution in [0.4, 0.5) is 11.4 Å². The van der Waals surface area contributed by atoms with Crippen molar-refractivity contribution in [2.24, 2.45) is 0 Å². The smallest absolute Gasteiger partial charge is 0.248 e. The van der Waals surface area contributed by atoms with Crippen LogP contribution in [-0.4, -0.2) is 42.9 Å². The highest BCUT2D eigenvalue weighted by atomic mass is 16.2. The molecular formula is C22H25N3O2. The van der Waals surface area contributed by atoms with Crippen LogP contribution in [0, 0.1) is 0 Å². The molecule has 5 heteroatoms. The van der Waals surface area contributed by atoms with Gasteiger partial charge in [0.2, 0.25) is 11.8 Å². The van der Waals surface area contributed by atoms with E-state index >= 15 is 0 Å². The molecule has 2 amide bonds. The molecule has 1 N–H and O–H groups in total. The summed E-state index contributed by atoms with van der Waals surface area (Å²) in [5, 5.41) is 2.87. The van der Waals surface area contributed by atoms with E-state index in [0.29, 0.717) is 6.42 Å². The molecule has 0 radical (unpaired) electrons. The Morgan fingerprint density at radius 3 is 2.26 bits per heavy atom. The molecule has 27 heavy (non-hydrogen) atoms. The molecule has 5 nitrogen and oxygen atoms in total. The van der Waals surface area contributed by atoms with Crippen molar-refractivity contribution in [3.8, 4) is 0 Å². The third kappa shape index (κ3) is 5.20. The van der Waals surface area contributed by atoms with E-state index in [1.807, 2.05) is 66.4 Å². The molecule has 3 rings (SSSR count). The molecule has 2 aromatic rings. The van der Waals surface area contributed by atoms with Crippen molar-refractivity contribution in [1.82, 2.24) is 4.90 Å². The summed E-state index contributed by atoms with van der Waals surface area (Å²) >= 11 is 0. The first kappa shape index (κ1) is 18.7. The molecule has 0 atom stereocenters. The molecular weight excluding hydrogens is 338 g/mol. The van der Waals surface area contributed by atoms with Gasteiger partial charge in [-0.1, -0.05) is 37.3 Å². The minimum atomic E-state index is -0.154. The first-order valence-corrected chi connectivity index (χ1v) is 9.32. The number of hydrogen-bond acceptors (Lipinski definition) is 3. The van der Waals surface area contributed by atoms with Gasteiger partial charge in [-0.05, 0) is 35.9 Å². The highest BCUT2D eigenvalue weighted by molar-refractivity contribution is 6.02. The van der Waals surface area contributed by atoms with Crippen LogP contribution >= 0.6 is 0 Å². The van der Waals surface area contributed by atoms with E-state index < -0.39 is 0 Å². The Labute approximate surface area is 160 Å². The largest absolute Gasteiger partial charge is 0.368 e. The minimum Gasteiger partial charge on any atom is -0.368 e. The lowest BCUT2D eigenvalue weighted by atomic mass is 10.2. The highest BCUT2D eigenvalue weighted by Crippen LogP contribution is 2.20. The molecule has 0 aromatic heterocycles. The molecule has 1 heterocycles. The number of benzene rings is 2. The van der Waals surface area contributed by atoms with Crippen LogP contribution in [-0.2, 0) is 9.59 Å². The van der Waals surface area contributed by atoms with E-state index in [-0.39, 0.29) is 11.8 Å². The number of carbonyl (C=O) groups excluding carboxylic acids is 2. The Kier molecular flexibility index (Phi) is 6.26. The summed E-state index contributed by atoms with van der Waals surface area (Å²) in [6.45, 7) is 5.08. The van der Waals surface area contributed by atoms with Gasteiger partial charge in [0.1, 0.15) is 0 Å². The second kappa shape index (κ2) is 9.03. The van der Waals surface area contributed by atoms with Crippen LogP contribution in [0.25, 0.3) is 6.08 Å². The van der Waals surface area contributed by atoms with Gasteiger partial charge in [-0.25, -0.2) is 0 Å². The number of amides is 2. The zero-order valence-corrected chi connectivity index (χ0v) is 15.6. The lowest BCUT2D eigenvalue weighted by Gasteiger charge is -2.36. The predicted octanol–water partition coefficient (Wildman–Crippen LogP) is 3.40. The molecule has 1 aliphatic heterocycles. The van der Waals surface area contributed by atoms with Gasteiger partial charge in [0, 0.05) is 50.1 Å². The van der Waals surface area contributed by atoms with Gasteiger partial charge in [0.25, 0.3) is 0 Å². The molecule has 0 bridgehead atoms. The lowest BCUT2D eigenvalue weighted by molar-refractivity contribution is -0.131. The van der Waals surface area contributed by atoms with Crippen molar-refractivity contribution in [3.05, 3.63) is 66.2 Å². The maximum absolute atomic E-state index is 12.1. The fourth-order valence-electron chi connectivity index (χ4n) is 3.11. The average Bonchev–Trinajstić information content (AvgIpc) is 2.73. The summed E-state index contributed by atoms with van der Waals surface area (Å²) in [7, 11) is 0. The van der Waals surface area contributed by atoms with Crippen LogP contribution in [0.1, 0.15) is 18.9 Å². The number of anilines is 2. The maximum atomic E-state index is 12.1. The summed E-state index contributed by atoms with van der Waals surface area (Å²) in [5.41, 5.74) is 2.86. The van der Waals surface area contributed by atoms with E-state index in [4.69, 9.17) is 0 Å². The maximum Gasteiger partial charge on any atom is 0.248 e. The van der Waals surface area contributed by atoms with Gasteiger partial charge in [0.05, 0.1) is 0 Å². The Morgan fingerprint density at radius 1 is 0.963 bits per heavy atom. The number of hydrogen-bond donors (Lipinski definition) is 1. The SMILES string of the molecule is CCC(=O)N1CCN(c2ccc(NC(=O)/C=C/c3ccccc3)cc2)CC1. The highest BCUT2D eigenvalue weighted by Gasteiger charge is 2.19. The average molecular weight is 363 g/mol. The second-order valence-corrected chi connectivity index (χ2v) is 6.50. The summed E-state index contributed by atoms with van der Waals surface area (Å²) in [4.78, 5) is 28.0. The molecule has 0 unspecified atom stereocenters. The van der Waals surface area contributed by atoms with Gasteiger partial charge < -0.3 is 15.1 Å². The van der Waals surface area contributed by atoms with Crippen molar-refractivity contribution in [2.45, 2.75) is 13.3 Å². The third-order valence-electron chi connectivity index (χ3n) is 4.66. The first-order valence-electron chi connectivity index (χ1n) is 9.32. The quantitative estimate of drug-likeness (QED) is 0.829. The van der Waals surface area contributed by atoms with Gasteiger partial charge in [0.15, 0.2) is 0 Å². The Morgan fingerprint density at radius 2 is 1.63 bits per heavy atom. The molecule has 0 saturated carbocycles. The van der Waals surface area contributed by atoms with E-state index in [0.717, 1.165) is 43.1 Å². The molecule has 140 valence electrons. The van der Waals surface area contributed by atoms with E-state index in [2.05, 4.69) is 10.2 Å². The number of carbonyl (C=O) groups is 2. The molecule has 1 aliphatic rings. The second-order valence-electron chi connectivity index (χ2n) is 6.50. The zero-order valence-electron chi connectivity index (χ0n) is 15.6. The summed E-state index contributed by atoms with van der Waals surface area (Å²) < 4.78 is 0. The van der Waals surface area contributed by atoms with Gasteiger partial charge in [-0.2, -0.15) is 0 Å². The Balaban J connectivity index is 1.52. The topological polar surface area (TPSA) is 52.7 Å². The summed E-state index contributed by atoms with van der Waals surface area (Å²) in [6, 6.07) is 17.6. The van der Waals surface area contributed by atoms with Gasteiger partial charge in [-0.3, -0.25) is 9.59 Å². The number of nitrogens with one attached hydrogen (secondary N) is 1. The van der Waals surface area contributed by atoms with Crippen LogP contribution in [0.5, 0.6) is 0 Å². The Bertz CT molecular complexity index is 792. The zero-order chi connectivity index (χ0) is 19.1. The molecule has 2 aromatic carbocycles. The number of piperazine rings is 1. The molecule has 1 saturated heterocycles. The number of nitrogens with zero attached hydrogens (tertiary/aromatic N) is 2. The van der Waals surface area contributed by atoms with Gasteiger partial charge >= 0.3 is 0 Å². The van der Waals surface area contributed by atoms with Crippen LogP contribution < -0.4 is 10.2 Å². The van der Waals surface area contributed by atoms with Crippen molar-refractivity contribution >= 4 is 29.3 Å². The van der Waals surface area contributed by atoms with Crippen molar-refractivity contribution < 1.29 is 9.59 Å². The number of rotatable bonds is 5. The fraction of sp³-hybridized carbons (Fsp3) is 0.273. The monoisotopic (exact) mass is 363 g/mol. The molecule has 1 fully saturated rings. The van der Waals surface area contributed by atoms with Crippen LogP contribution in [0.3, 0.4) is 0 Å². The summed E-state index contributed by atoms with van der Waals surface area (Å²) in [6.07, 6.45) is 3.89. The Hall–Kier alpha value is -3.08. The molecule has 0 aliphatic carbocycles. The standard InChI is InChI=1S/C22H25N3O2/c1-2-22(27)25-16-14-24(15-17-25)20-11-9-19(10-12-20)23-21(26)13-8-18-6-4-3-5-7-18/h3-13H,2,14-17H2,1H3,(H,23,26)/b13-8+. The van der Waals surface area contributed by atoms with E-state index in [9.17, 15) is 9.59 Å². The van der Waals surface area contributed by atoms with Crippen molar-refractivity contribution in [1.29, 1.82) is 0 Å².